The molecule has 166 valence electrons. The Morgan fingerprint density at radius 2 is 2.00 bits per heavy atom. The maximum atomic E-state index is 6.49. The summed E-state index contributed by atoms with van der Waals surface area (Å²) in [6.45, 7) is 8.87. The normalized spacial score (nSPS) is 21.9. The van der Waals surface area contributed by atoms with E-state index in [0.717, 1.165) is 74.9 Å². The molecule has 1 N–H and O–H groups in total. The van der Waals surface area contributed by atoms with Crippen LogP contribution in [0, 0.1) is 0 Å². The molecule has 2 aliphatic rings. The fourth-order valence-corrected chi connectivity index (χ4v) is 4.28. The molecule has 31 heavy (non-hydrogen) atoms. The van der Waals surface area contributed by atoms with E-state index in [4.69, 9.17) is 9.47 Å². The van der Waals surface area contributed by atoms with Gasteiger partial charge < -0.3 is 19.7 Å². The van der Waals surface area contributed by atoms with Gasteiger partial charge in [-0.25, -0.2) is 0 Å². The highest BCUT2D eigenvalue weighted by Crippen LogP contribution is 2.43. The van der Waals surface area contributed by atoms with Crippen molar-refractivity contribution in [2.45, 2.75) is 44.8 Å². The minimum absolute atomic E-state index is 0.153. The van der Waals surface area contributed by atoms with E-state index in [0.29, 0.717) is 11.7 Å². The molecule has 0 amide bonds. The number of nitrogens with one attached hydrogen (secondary N) is 1. The highest BCUT2D eigenvalue weighted by molar-refractivity contribution is 5.80. The lowest BCUT2D eigenvalue weighted by Gasteiger charge is -2.32. The van der Waals surface area contributed by atoms with Crippen LogP contribution in [-0.2, 0) is 11.8 Å². The van der Waals surface area contributed by atoms with Gasteiger partial charge in [0.25, 0.3) is 0 Å². The van der Waals surface area contributed by atoms with Gasteiger partial charge in [0.1, 0.15) is 17.3 Å². The summed E-state index contributed by atoms with van der Waals surface area (Å²) in [6, 6.07) is 6.59. The molecule has 0 spiro atoms. The van der Waals surface area contributed by atoms with Crippen LogP contribution in [0.3, 0.4) is 0 Å². The summed E-state index contributed by atoms with van der Waals surface area (Å²) in [5.41, 5.74) is 2.60. The first-order chi connectivity index (χ1) is 15.2. The average Bonchev–Trinajstić information content (AvgIpc) is 3.20. The Bertz CT molecular complexity index is 911. The quantitative estimate of drug-likeness (QED) is 0.677. The Morgan fingerprint density at radius 1 is 1.23 bits per heavy atom. The molecule has 0 radical (unpaired) electrons. The van der Waals surface area contributed by atoms with E-state index < -0.39 is 0 Å². The zero-order valence-electron chi connectivity index (χ0n) is 18.5. The average molecular weight is 425 g/mol. The highest BCUT2D eigenvalue weighted by Gasteiger charge is 2.25. The minimum atomic E-state index is 0.153. The molecule has 2 heterocycles. The van der Waals surface area contributed by atoms with Crippen molar-refractivity contribution in [1.82, 2.24) is 9.78 Å². The molecule has 1 aliphatic heterocycles. The molecule has 1 aromatic heterocycles. The molecule has 2 aromatic rings. The summed E-state index contributed by atoms with van der Waals surface area (Å²) in [6.07, 6.45) is 7.94. The van der Waals surface area contributed by atoms with E-state index in [1.54, 1.807) is 6.21 Å². The van der Waals surface area contributed by atoms with Gasteiger partial charge in [0.05, 0.1) is 25.0 Å². The Labute approximate surface area is 184 Å². The summed E-state index contributed by atoms with van der Waals surface area (Å²) < 4.78 is 13.8. The van der Waals surface area contributed by atoms with Crippen LogP contribution in [0.2, 0.25) is 0 Å². The topological polar surface area (TPSA) is 76.3 Å². The Kier molecular flexibility index (Phi) is 6.86. The zero-order valence-corrected chi connectivity index (χ0v) is 18.5. The Balaban J connectivity index is 1.46. The SMILES string of the molecule is C=Nc1c(N=CC)cc(N2CCOCC2)cc1OC1CCC(Nc2ccn(C)n2)CC1. The standard InChI is InChI=1S/C23H32N6O2/c1-4-25-20-15-18(29-11-13-30-14-12-29)16-21(23(20)24-2)31-19-7-5-17(6-8-19)26-22-9-10-28(3)27-22/h4,9-10,15-17,19H,2,5-8,11-14H2,1,3H3,(H,26,27). The molecule has 0 unspecified atom stereocenters. The molecule has 1 saturated heterocycles. The Morgan fingerprint density at radius 3 is 2.65 bits per heavy atom. The third-order valence-electron chi connectivity index (χ3n) is 5.88. The van der Waals surface area contributed by atoms with Gasteiger partial charge in [0.2, 0.25) is 0 Å². The van der Waals surface area contributed by atoms with E-state index in [2.05, 4.69) is 44.2 Å². The molecule has 2 fully saturated rings. The van der Waals surface area contributed by atoms with Crippen LogP contribution in [0.5, 0.6) is 5.75 Å². The molecule has 1 saturated carbocycles. The van der Waals surface area contributed by atoms with Crippen molar-refractivity contribution >= 4 is 35.8 Å². The number of aliphatic imine (C=N–C) groups is 2. The maximum Gasteiger partial charge on any atom is 0.149 e. The van der Waals surface area contributed by atoms with E-state index in [1.807, 2.05) is 30.9 Å². The van der Waals surface area contributed by atoms with Crippen LogP contribution in [-0.4, -0.2) is 61.2 Å². The number of ether oxygens (including phenoxy) is 2. The van der Waals surface area contributed by atoms with Crippen molar-refractivity contribution in [1.29, 1.82) is 0 Å². The summed E-state index contributed by atoms with van der Waals surface area (Å²) >= 11 is 0. The van der Waals surface area contributed by atoms with Crippen molar-refractivity contribution < 1.29 is 9.47 Å². The number of benzene rings is 1. The summed E-state index contributed by atoms with van der Waals surface area (Å²) in [5, 5.41) is 7.96. The van der Waals surface area contributed by atoms with Gasteiger partial charge in [-0.15, -0.1) is 0 Å². The predicted molar refractivity (Wildman–Crippen MR) is 126 cm³/mol. The molecular formula is C23H32N6O2. The number of hydrogen-bond donors (Lipinski definition) is 1. The molecule has 8 nitrogen and oxygen atoms in total. The van der Waals surface area contributed by atoms with Crippen LogP contribution < -0.4 is 15.0 Å². The summed E-state index contributed by atoms with van der Waals surface area (Å²) in [4.78, 5) is 11.1. The fourth-order valence-electron chi connectivity index (χ4n) is 4.28. The number of aryl methyl sites for hydroxylation is 1. The lowest BCUT2D eigenvalue weighted by Crippen LogP contribution is -2.36. The monoisotopic (exact) mass is 424 g/mol. The van der Waals surface area contributed by atoms with Crippen LogP contribution in [0.4, 0.5) is 22.9 Å². The first-order valence-corrected chi connectivity index (χ1v) is 11.0. The fraction of sp³-hybridized carbons (Fsp3) is 0.522. The van der Waals surface area contributed by atoms with Gasteiger partial charge in [-0.3, -0.25) is 14.7 Å². The zero-order chi connectivity index (χ0) is 21.6. The van der Waals surface area contributed by atoms with Crippen LogP contribution in [0.25, 0.3) is 0 Å². The third kappa shape index (κ3) is 5.25. The molecule has 4 rings (SSSR count). The maximum absolute atomic E-state index is 6.49. The molecule has 1 aromatic carbocycles. The molecule has 0 atom stereocenters. The van der Waals surface area contributed by atoms with E-state index in [-0.39, 0.29) is 6.10 Å². The Hall–Kier alpha value is -2.87. The second kappa shape index (κ2) is 9.96. The number of rotatable bonds is 7. The first-order valence-electron chi connectivity index (χ1n) is 11.0. The van der Waals surface area contributed by atoms with Crippen LogP contribution >= 0.6 is 0 Å². The van der Waals surface area contributed by atoms with Crippen molar-refractivity contribution in [3.05, 3.63) is 24.4 Å². The van der Waals surface area contributed by atoms with E-state index in [1.165, 1.54) is 0 Å². The number of anilines is 2. The van der Waals surface area contributed by atoms with Crippen molar-refractivity contribution in [3.8, 4) is 5.75 Å². The number of nitrogens with zero attached hydrogens (tertiary/aromatic N) is 5. The largest absolute Gasteiger partial charge is 0.488 e. The summed E-state index contributed by atoms with van der Waals surface area (Å²) in [7, 11) is 1.93. The van der Waals surface area contributed by atoms with Gasteiger partial charge in [-0.1, -0.05) is 0 Å². The van der Waals surface area contributed by atoms with Gasteiger partial charge >= 0.3 is 0 Å². The van der Waals surface area contributed by atoms with E-state index >= 15 is 0 Å². The molecular weight excluding hydrogens is 392 g/mol. The lowest BCUT2D eigenvalue weighted by molar-refractivity contribution is 0.122. The lowest BCUT2D eigenvalue weighted by atomic mass is 9.93. The number of hydrogen-bond acceptors (Lipinski definition) is 7. The molecule has 1 aliphatic carbocycles. The molecule has 0 bridgehead atoms. The van der Waals surface area contributed by atoms with Crippen LogP contribution in [0.1, 0.15) is 32.6 Å². The minimum Gasteiger partial charge on any atom is -0.488 e. The van der Waals surface area contributed by atoms with Gasteiger partial charge in [0, 0.05) is 56.4 Å². The molecule has 8 heteroatoms. The second-order valence-corrected chi connectivity index (χ2v) is 8.07. The van der Waals surface area contributed by atoms with E-state index in [9.17, 15) is 0 Å². The number of aromatic nitrogens is 2. The third-order valence-corrected chi connectivity index (χ3v) is 5.88. The smallest absolute Gasteiger partial charge is 0.149 e. The van der Waals surface area contributed by atoms with Crippen molar-refractivity contribution in [2.24, 2.45) is 17.0 Å². The van der Waals surface area contributed by atoms with Gasteiger partial charge in [-0.05, 0) is 45.4 Å². The summed E-state index contributed by atoms with van der Waals surface area (Å²) in [5.74, 6) is 1.70. The first kappa shape index (κ1) is 21.4. The van der Waals surface area contributed by atoms with Gasteiger partial charge in [0.15, 0.2) is 0 Å². The van der Waals surface area contributed by atoms with Crippen molar-refractivity contribution in [3.63, 3.8) is 0 Å². The van der Waals surface area contributed by atoms with Gasteiger partial charge in [-0.2, -0.15) is 5.10 Å². The number of morpholine rings is 1. The second-order valence-electron chi connectivity index (χ2n) is 8.07. The van der Waals surface area contributed by atoms with Crippen LogP contribution in [0.15, 0.2) is 34.4 Å². The predicted octanol–water partition coefficient (Wildman–Crippen LogP) is 4.11. The highest BCUT2D eigenvalue weighted by atomic mass is 16.5. The van der Waals surface area contributed by atoms with Crippen molar-refractivity contribution in [2.75, 3.05) is 36.5 Å².